The van der Waals surface area contributed by atoms with Gasteiger partial charge in [0, 0.05) is 49.7 Å². The second-order valence-corrected chi connectivity index (χ2v) is 7.73. The maximum Gasteiger partial charge on any atom is 0.519 e. The molecule has 0 amide bonds. The van der Waals surface area contributed by atoms with Gasteiger partial charge in [-0.05, 0) is 42.5 Å². The van der Waals surface area contributed by atoms with E-state index in [0.29, 0.717) is 40.1 Å². The molecule has 5 nitrogen and oxygen atoms in total. The fraction of sp³-hybridized carbons (Fsp3) is 0.286. The summed E-state index contributed by atoms with van der Waals surface area (Å²) in [7, 11) is 0. The first kappa shape index (κ1) is 20.0. The van der Waals surface area contributed by atoms with Gasteiger partial charge in [-0.3, -0.25) is 4.90 Å². The van der Waals surface area contributed by atoms with E-state index in [0.717, 1.165) is 31.9 Å². The predicted molar refractivity (Wildman–Crippen MR) is 111 cm³/mol. The normalized spacial score (nSPS) is 15.1. The zero-order valence-electron chi connectivity index (χ0n) is 15.5. The number of nitrogens with zero attached hydrogens (tertiary/aromatic N) is 2. The van der Waals surface area contributed by atoms with E-state index in [1.54, 1.807) is 18.2 Å². The summed E-state index contributed by atoms with van der Waals surface area (Å²) < 4.78 is 23.6. The highest BCUT2D eigenvalue weighted by Crippen LogP contribution is 2.30. The van der Waals surface area contributed by atoms with Gasteiger partial charge in [0.25, 0.3) is 0 Å². The minimum absolute atomic E-state index is 0.348. The van der Waals surface area contributed by atoms with E-state index in [-0.39, 0.29) is 5.82 Å². The molecule has 3 aromatic rings. The van der Waals surface area contributed by atoms with Crippen LogP contribution in [0, 0.1) is 5.82 Å². The summed E-state index contributed by atoms with van der Waals surface area (Å²) in [6.45, 7) is 4.04. The third kappa shape index (κ3) is 4.66. The van der Waals surface area contributed by atoms with Crippen LogP contribution in [0.2, 0.25) is 10.0 Å². The van der Waals surface area contributed by atoms with Crippen molar-refractivity contribution >= 4 is 28.9 Å². The Morgan fingerprint density at radius 3 is 2.41 bits per heavy atom. The lowest BCUT2D eigenvalue weighted by atomic mass is 10.1. The molecule has 0 spiro atoms. The lowest BCUT2D eigenvalue weighted by Crippen LogP contribution is -2.47. The van der Waals surface area contributed by atoms with Crippen molar-refractivity contribution in [1.82, 2.24) is 4.90 Å². The minimum Gasteiger partial charge on any atom is -0.395 e. The lowest BCUT2D eigenvalue weighted by Gasteiger charge is -2.36. The van der Waals surface area contributed by atoms with E-state index in [4.69, 9.17) is 32.0 Å². The van der Waals surface area contributed by atoms with E-state index in [1.165, 1.54) is 12.1 Å². The summed E-state index contributed by atoms with van der Waals surface area (Å²) in [5, 5.41) is 1.35. The van der Waals surface area contributed by atoms with Gasteiger partial charge in [-0.2, -0.15) is 0 Å². The molecule has 0 aliphatic carbocycles. The molecule has 0 unspecified atom stereocenters. The maximum absolute atomic E-state index is 13.2. The quantitative estimate of drug-likeness (QED) is 0.579. The van der Waals surface area contributed by atoms with E-state index < -0.39 is 5.82 Å². The van der Waals surface area contributed by atoms with Gasteiger partial charge in [-0.25, -0.2) is 9.18 Å². The molecule has 0 atom stereocenters. The molecule has 1 fully saturated rings. The number of piperazine rings is 1. The summed E-state index contributed by atoms with van der Waals surface area (Å²) in [6.07, 6.45) is 0.524. The van der Waals surface area contributed by atoms with Crippen molar-refractivity contribution in [1.29, 1.82) is 0 Å². The molecular formula is C21H19Cl2FN2O3. The first-order valence-corrected chi connectivity index (χ1v) is 10.1. The van der Waals surface area contributed by atoms with Crippen molar-refractivity contribution in [3.63, 3.8) is 0 Å². The highest BCUT2D eigenvalue weighted by atomic mass is 35.5. The Hall–Kier alpha value is -2.28. The Labute approximate surface area is 177 Å². The Balaban J connectivity index is 1.38. The maximum atomic E-state index is 13.2. The van der Waals surface area contributed by atoms with Gasteiger partial charge in [0.1, 0.15) is 5.82 Å². The van der Waals surface area contributed by atoms with Crippen LogP contribution in [0.4, 0.5) is 10.1 Å². The third-order valence-electron chi connectivity index (χ3n) is 5.03. The summed E-state index contributed by atoms with van der Waals surface area (Å²) in [4.78, 5) is 16.1. The standard InChI is InChI=1S/C21H19Cl2FN2O3/c22-15-3-6-17(23)18(13-15)26-11-9-25(10-12-26)8-7-19-20(29-21(27)28-19)14-1-4-16(24)5-2-14/h1-6,13H,7-12H2. The van der Waals surface area contributed by atoms with E-state index in [2.05, 4.69) is 9.80 Å². The molecule has 4 rings (SSSR count). The van der Waals surface area contributed by atoms with Crippen LogP contribution in [0.25, 0.3) is 11.3 Å². The first-order chi connectivity index (χ1) is 14.0. The molecule has 1 aliphatic heterocycles. The number of hydrogen-bond acceptors (Lipinski definition) is 5. The topological polar surface area (TPSA) is 49.8 Å². The fourth-order valence-corrected chi connectivity index (χ4v) is 3.90. The second kappa shape index (κ2) is 8.61. The predicted octanol–water partition coefficient (Wildman–Crippen LogP) is 4.71. The van der Waals surface area contributed by atoms with Gasteiger partial charge in [0.15, 0.2) is 11.5 Å². The van der Waals surface area contributed by atoms with Crippen LogP contribution in [0.1, 0.15) is 5.76 Å². The molecule has 29 heavy (non-hydrogen) atoms. The highest BCUT2D eigenvalue weighted by molar-refractivity contribution is 6.35. The van der Waals surface area contributed by atoms with Crippen LogP contribution in [0.5, 0.6) is 0 Å². The molecule has 8 heteroatoms. The zero-order valence-corrected chi connectivity index (χ0v) is 17.0. The third-order valence-corrected chi connectivity index (χ3v) is 5.58. The molecule has 0 radical (unpaired) electrons. The highest BCUT2D eigenvalue weighted by Gasteiger charge is 2.21. The van der Waals surface area contributed by atoms with Gasteiger partial charge in [-0.1, -0.05) is 23.2 Å². The molecule has 1 aliphatic rings. The van der Waals surface area contributed by atoms with Gasteiger partial charge < -0.3 is 13.7 Å². The van der Waals surface area contributed by atoms with Gasteiger partial charge >= 0.3 is 5.82 Å². The smallest absolute Gasteiger partial charge is 0.395 e. The van der Waals surface area contributed by atoms with E-state index >= 15 is 0 Å². The monoisotopic (exact) mass is 436 g/mol. The minimum atomic E-state index is -0.750. The van der Waals surface area contributed by atoms with Crippen LogP contribution in [0.15, 0.2) is 56.1 Å². The number of hydrogen-bond donors (Lipinski definition) is 0. The average molecular weight is 437 g/mol. The van der Waals surface area contributed by atoms with E-state index in [1.807, 2.05) is 12.1 Å². The van der Waals surface area contributed by atoms with Crippen molar-refractivity contribution in [2.45, 2.75) is 6.42 Å². The van der Waals surface area contributed by atoms with Crippen molar-refractivity contribution < 1.29 is 13.2 Å². The molecule has 152 valence electrons. The van der Waals surface area contributed by atoms with Gasteiger partial charge in [0.05, 0.1) is 10.7 Å². The van der Waals surface area contributed by atoms with Crippen molar-refractivity contribution in [2.24, 2.45) is 0 Å². The molecule has 0 N–H and O–H groups in total. The number of rotatable bonds is 5. The Bertz CT molecular complexity index is 1040. The molecule has 0 bridgehead atoms. The van der Waals surface area contributed by atoms with Crippen molar-refractivity contribution in [3.8, 4) is 11.3 Å². The molecule has 1 saturated heterocycles. The van der Waals surface area contributed by atoms with Crippen molar-refractivity contribution in [3.05, 3.63) is 74.7 Å². The van der Waals surface area contributed by atoms with Crippen LogP contribution >= 0.6 is 23.2 Å². The summed E-state index contributed by atoms with van der Waals surface area (Å²) in [6, 6.07) is 11.3. The van der Waals surface area contributed by atoms with Crippen molar-refractivity contribution in [2.75, 3.05) is 37.6 Å². The number of benzene rings is 2. The molecule has 1 aromatic heterocycles. The fourth-order valence-electron chi connectivity index (χ4n) is 3.49. The van der Waals surface area contributed by atoms with Crippen LogP contribution in [0.3, 0.4) is 0 Å². The molecular weight excluding hydrogens is 418 g/mol. The number of halogens is 3. The van der Waals surface area contributed by atoms with Crippen LogP contribution < -0.4 is 10.7 Å². The Kier molecular flexibility index (Phi) is 5.94. The SMILES string of the molecule is O=c1oc(CCN2CCN(c3cc(Cl)ccc3Cl)CC2)c(-c2ccc(F)cc2)o1. The first-order valence-electron chi connectivity index (χ1n) is 9.31. The summed E-state index contributed by atoms with van der Waals surface area (Å²) >= 11 is 12.4. The Morgan fingerprint density at radius 1 is 0.966 bits per heavy atom. The Morgan fingerprint density at radius 2 is 1.69 bits per heavy atom. The van der Waals surface area contributed by atoms with Crippen LogP contribution in [-0.4, -0.2) is 37.6 Å². The summed E-state index contributed by atoms with van der Waals surface area (Å²) in [5.41, 5.74) is 1.56. The van der Waals surface area contributed by atoms with Gasteiger partial charge in [0.2, 0.25) is 0 Å². The molecule has 2 aromatic carbocycles. The lowest BCUT2D eigenvalue weighted by molar-refractivity contribution is 0.254. The molecule has 2 heterocycles. The second-order valence-electron chi connectivity index (χ2n) is 6.89. The zero-order chi connectivity index (χ0) is 20.4. The molecule has 0 saturated carbocycles. The summed E-state index contributed by atoms with van der Waals surface area (Å²) in [5.74, 6) is -0.264. The average Bonchev–Trinajstić information content (AvgIpc) is 3.10. The van der Waals surface area contributed by atoms with Crippen LogP contribution in [-0.2, 0) is 6.42 Å². The van der Waals surface area contributed by atoms with Gasteiger partial charge in [-0.15, -0.1) is 0 Å². The largest absolute Gasteiger partial charge is 0.519 e. The number of anilines is 1. The van der Waals surface area contributed by atoms with E-state index in [9.17, 15) is 9.18 Å².